The van der Waals surface area contributed by atoms with E-state index in [1.54, 1.807) is 0 Å². The van der Waals surface area contributed by atoms with Gasteiger partial charge in [-0.15, -0.1) is 0 Å². The van der Waals surface area contributed by atoms with Gasteiger partial charge in [0.25, 0.3) is 5.91 Å². The third-order valence-electron chi connectivity index (χ3n) is 4.81. The van der Waals surface area contributed by atoms with Gasteiger partial charge in [-0.25, -0.2) is 13.1 Å². The molecule has 9 heteroatoms. The van der Waals surface area contributed by atoms with Crippen LogP contribution in [-0.2, 0) is 30.8 Å². The van der Waals surface area contributed by atoms with Crippen LogP contribution in [0.15, 0.2) is 53.4 Å². The number of fused-ring (bicyclic) bond motifs is 1. The zero-order valence-corrected chi connectivity index (χ0v) is 17.8. The molecule has 0 heterocycles. The maximum atomic E-state index is 12.2. The highest BCUT2D eigenvalue weighted by molar-refractivity contribution is 7.89. The lowest BCUT2D eigenvalue weighted by molar-refractivity contribution is -0.148. The summed E-state index contributed by atoms with van der Waals surface area (Å²) in [6.07, 6.45) is 2.62. The Kier molecular flexibility index (Phi) is 7.47. The second kappa shape index (κ2) is 10.1. The molecule has 30 heavy (non-hydrogen) atoms. The van der Waals surface area contributed by atoms with Gasteiger partial charge in [0.05, 0.1) is 17.4 Å². The molecule has 0 fully saturated rings. The Morgan fingerprint density at radius 3 is 2.60 bits per heavy atom. The lowest BCUT2D eigenvalue weighted by atomic mass is 9.88. The van der Waals surface area contributed by atoms with Gasteiger partial charge < -0.3 is 10.1 Å². The van der Waals surface area contributed by atoms with E-state index < -0.39 is 22.6 Å². The van der Waals surface area contributed by atoms with Crippen LogP contribution in [0.5, 0.6) is 0 Å². The molecule has 2 aromatic carbocycles. The number of carbonyl (C=O) groups is 2. The van der Waals surface area contributed by atoms with E-state index in [-0.39, 0.29) is 29.8 Å². The first-order chi connectivity index (χ1) is 14.3. The van der Waals surface area contributed by atoms with Crippen LogP contribution in [0, 0.1) is 0 Å². The van der Waals surface area contributed by atoms with Crippen LogP contribution in [0.25, 0.3) is 0 Å². The standard InChI is InChI=1S/C21H23ClN2O5S/c22-16-8-10-17(11-9-16)30(27,28)23-13-12-21(26)29-14-20(25)24-19-7-3-5-15-4-1-2-6-18(15)19/h1-2,4,6,8-11,19,23H,3,5,7,12-14H2,(H,24,25)/t19-/m1/s1. The number of hydrogen-bond donors (Lipinski definition) is 2. The van der Waals surface area contributed by atoms with Crippen molar-refractivity contribution in [2.24, 2.45) is 0 Å². The van der Waals surface area contributed by atoms with Crippen LogP contribution < -0.4 is 10.0 Å². The van der Waals surface area contributed by atoms with Crippen LogP contribution in [0.1, 0.15) is 36.4 Å². The van der Waals surface area contributed by atoms with E-state index in [1.165, 1.54) is 29.8 Å². The largest absolute Gasteiger partial charge is 0.456 e. The van der Waals surface area contributed by atoms with Gasteiger partial charge in [-0.2, -0.15) is 0 Å². The van der Waals surface area contributed by atoms with E-state index >= 15 is 0 Å². The van der Waals surface area contributed by atoms with Gasteiger partial charge in [0, 0.05) is 11.6 Å². The number of nitrogens with one attached hydrogen (secondary N) is 2. The summed E-state index contributed by atoms with van der Waals surface area (Å²) in [5.41, 5.74) is 2.32. The highest BCUT2D eigenvalue weighted by Crippen LogP contribution is 2.29. The molecule has 0 unspecified atom stereocenters. The first kappa shape index (κ1) is 22.3. The van der Waals surface area contributed by atoms with Crippen molar-refractivity contribution in [3.8, 4) is 0 Å². The number of sulfonamides is 1. The number of rotatable bonds is 8. The fourth-order valence-corrected chi connectivity index (χ4v) is 4.50. The molecule has 0 radical (unpaired) electrons. The van der Waals surface area contributed by atoms with Crippen molar-refractivity contribution >= 4 is 33.5 Å². The molecule has 0 aliphatic heterocycles. The van der Waals surface area contributed by atoms with Crippen molar-refractivity contribution < 1.29 is 22.7 Å². The Bertz CT molecular complexity index is 1010. The van der Waals surface area contributed by atoms with Crippen molar-refractivity contribution in [2.45, 2.75) is 36.6 Å². The van der Waals surface area contributed by atoms with Crippen LogP contribution in [0.3, 0.4) is 0 Å². The van der Waals surface area contributed by atoms with E-state index in [4.69, 9.17) is 16.3 Å². The quantitative estimate of drug-likeness (QED) is 0.602. The summed E-state index contributed by atoms with van der Waals surface area (Å²) in [5.74, 6) is -1.04. The van der Waals surface area contributed by atoms with E-state index in [0.717, 1.165) is 24.8 Å². The van der Waals surface area contributed by atoms with E-state index in [2.05, 4.69) is 16.1 Å². The third-order valence-corrected chi connectivity index (χ3v) is 6.54. The summed E-state index contributed by atoms with van der Waals surface area (Å²) in [5, 5.41) is 3.32. The molecule has 0 bridgehead atoms. The predicted octanol–water partition coefficient (Wildman–Crippen LogP) is 2.75. The maximum absolute atomic E-state index is 12.2. The van der Waals surface area contributed by atoms with Crippen LogP contribution >= 0.6 is 11.6 Å². The highest BCUT2D eigenvalue weighted by atomic mass is 35.5. The average Bonchev–Trinajstić information content (AvgIpc) is 2.73. The van der Waals surface area contributed by atoms with Crippen molar-refractivity contribution in [3.63, 3.8) is 0 Å². The molecule has 0 saturated heterocycles. The molecule has 1 aliphatic rings. The summed E-state index contributed by atoms with van der Waals surface area (Å²) in [6, 6.07) is 13.6. The molecule has 1 aliphatic carbocycles. The van der Waals surface area contributed by atoms with Crippen molar-refractivity contribution in [2.75, 3.05) is 13.2 Å². The van der Waals surface area contributed by atoms with Gasteiger partial charge in [0.2, 0.25) is 10.0 Å². The molecule has 160 valence electrons. The Hall–Kier alpha value is -2.42. The van der Waals surface area contributed by atoms with Crippen LogP contribution in [0.2, 0.25) is 5.02 Å². The smallest absolute Gasteiger partial charge is 0.307 e. The molecule has 3 rings (SSSR count). The second-order valence-electron chi connectivity index (χ2n) is 6.97. The Morgan fingerprint density at radius 1 is 1.10 bits per heavy atom. The molecule has 0 spiro atoms. The van der Waals surface area contributed by atoms with Gasteiger partial charge in [0.1, 0.15) is 0 Å². The highest BCUT2D eigenvalue weighted by Gasteiger charge is 2.22. The number of carbonyl (C=O) groups excluding carboxylic acids is 2. The minimum absolute atomic E-state index is 0.0485. The summed E-state index contributed by atoms with van der Waals surface area (Å²) in [7, 11) is -3.75. The Morgan fingerprint density at radius 2 is 1.83 bits per heavy atom. The number of aryl methyl sites for hydroxylation is 1. The van der Waals surface area contributed by atoms with Crippen molar-refractivity contribution in [3.05, 3.63) is 64.7 Å². The molecule has 1 atom stereocenters. The average molecular weight is 451 g/mol. The molecule has 0 saturated carbocycles. The summed E-state index contributed by atoms with van der Waals surface area (Å²) in [4.78, 5) is 24.1. The fraction of sp³-hybridized carbons (Fsp3) is 0.333. The molecule has 0 aromatic heterocycles. The number of hydrogen-bond acceptors (Lipinski definition) is 5. The monoisotopic (exact) mass is 450 g/mol. The summed E-state index contributed by atoms with van der Waals surface area (Å²) < 4.78 is 31.6. The Labute approximate surface area is 180 Å². The number of benzene rings is 2. The number of ether oxygens (including phenoxy) is 1. The molecule has 2 aromatic rings. The van der Waals surface area contributed by atoms with Gasteiger partial charge in [-0.3, -0.25) is 9.59 Å². The zero-order valence-electron chi connectivity index (χ0n) is 16.3. The van der Waals surface area contributed by atoms with Crippen LogP contribution in [-0.4, -0.2) is 33.4 Å². The van der Waals surface area contributed by atoms with Gasteiger partial charge in [0.15, 0.2) is 6.61 Å². The first-order valence-corrected chi connectivity index (χ1v) is 11.5. The SMILES string of the molecule is O=C(COC(=O)CCNS(=O)(=O)c1ccc(Cl)cc1)N[C@@H]1CCCc2ccccc21. The van der Waals surface area contributed by atoms with Crippen LogP contribution in [0.4, 0.5) is 0 Å². The van der Waals surface area contributed by atoms with Gasteiger partial charge in [-0.1, -0.05) is 35.9 Å². The lowest BCUT2D eigenvalue weighted by Gasteiger charge is -2.26. The van der Waals surface area contributed by atoms with E-state index in [0.29, 0.717) is 5.02 Å². The molecular weight excluding hydrogens is 428 g/mol. The number of esters is 1. The number of halogens is 1. The normalized spacial score (nSPS) is 15.8. The van der Waals surface area contributed by atoms with Crippen molar-refractivity contribution in [1.82, 2.24) is 10.0 Å². The first-order valence-electron chi connectivity index (χ1n) is 9.63. The lowest BCUT2D eigenvalue weighted by Crippen LogP contribution is -2.34. The maximum Gasteiger partial charge on any atom is 0.307 e. The number of amides is 1. The predicted molar refractivity (Wildman–Crippen MR) is 112 cm³/mol. The Balaban J connectivity index is 1.41. The minimum Gasteiger partial charge on any atom is -0.456 e. The second-order valence-corrected chi connectivity index (χ2v) is 9.18. The van der Waals surface area contributed by atoms with Gasteiger partial charge >= 0.3 is 5.97 Å². The minimum atomic E-state index is -3.75. The summed E-state index contributed by atoms with van der Waals surface area (Å²) >= 11 is 5.75. The van der Waals surface area contributed by atoms with Crippen molar-refractivity contribution in [1.29, 1.82) is 0 Å². The topological polar surface area (TPSA) is 102 Å². The zero-order chi connectivity index (χ0) is 21.6. The fourth-order valence-electron chi connectivity index (χ4n) is 3.34. The van der Waals surface area contributed by atoms with E-state index in [1.807, 2.05) is 18.2 Å². The summed E-state index contributed by atoms with van der Waals surface area (Å²) in [6.45, 7) is -0.539. The third kappa shape index (κ3) is 6.04. The molecule has 1 amide bonds. The van der Waals surface area contributed by atoms with E-state index in [9.17, 15) is 18.0 Å². The molecule has 2 N–H and O–H groups in total. The molecule has 7 nitrogen and oxygen atoms in total. The molecular formula is C21H23ClN2O5S. The van der Waals surface area contributed by atoms with Gasteiger partial charge in [-0.05, 0) is 54.7 Å².